The zero-order chi connectivity index (χ0) is 16.8. The average Bonchev–Trinajstić information content (AvgIpc) is 2.52. The van der Waals surface area contributed by atoms with Crippen LogP contribution < -0.4 is 5.32 Å². The van der Waals surface area contributed by atoms with Crippen molar-refractivity contribution in [3.05, 3.63) is 17.6 Å². The molecule has 0 spiro atoms. The van der Waals surface area contributed by atoms with E-state index in [1.165, 1.54) is 0 Å². The van der Waals surface area contributed by atoms with Crippen LogP contribution in [0.15, 0.2) is 6.07 Å². The van der Waals surface area contributed by atoms with Crippen LogP contribution in [0, 0.1) is 12.8 Å². The third kappa shape index (κ3) is 4.87. The quantitative estimate of drug-likeness (QED) is 0.849. The Morgan fingerprint density at radius 2 is 2.09 bits per heavy atom. The highest BCUT2D eigenvalue weighted by Crippen LogP contribution is 2.15. The summed E-state index contributed by atoms with van der Waals surface area (Å²) in [6.07, 6.45) is 0. The lowest BCUT2D eigenvalue weighted by Gasteiger charge is -2.32. The number of methoxy groups -OCH3 is 1. The first-order valence-electron chi connectivity index (χ1n) is 7.98. The standard InChI is InChI=1S/C16H26N4O3/c1-11(2)15(16(21)20-5-7-23-8-6-20)19-13-9-12(3)17-14(18-13)10-22-4/h9,11,15H,5-8,10H2,1-4H3,(H,17,18,19). The first-order valence-corrected chi connectivity index (χ1v) is 7.98. The van der Waals surface area contributed by atoms with E-state index in [1.807, 2.05) is 31.7 Å². The minimum Gasteiger partial charge on any atom is -0.378 e. The molecule has 1 amide bonds. The summed E-state index contributed by atoms with van der Waals surface area (Å²) < 4.78 is 10.4. The second kappa shape index (κ2) is 8.21. The highest BCUT2D eigenvalue weighted by molar-refractivity contribution is 5.84. The summed E-state index contributed by atoms with van der Waals surface area (Å²) in [6, 6.07) is 1.53. The van der Waals surface area contributed by atoms with Gasteiger partial charge in [0.1, 0.15) is 18.5 Å². The minimum absolute atomic E-state index is 0.0906. The Kier molecular flexibility index (Phi) is 6.29. The SMILES string of the molecule is COCc1nc(C)cc(NC(C(=O)N2CCOCC2)C(C)C)n1. The van der Waals surface area contributed by atoms with Crippen molar-refractivity contribution < 1.29 is 14.3 Å². The summed E-state index contributed by atoms with van der Waals surface area (Å²) in [5.41, 5.74) is 0.843. The van der Waals surface area contributed by atoms with Crippen LogP contribution in [0.5, 0.6) is 0 Å². The molecule has 1 N–H and O–H groups in total. The maximum absolute atomic E-state index is 12.8. The van der Waals surface area contributed by atoms with Crippen LogP contribution in [0.2, 0.25) is 0 Å². The molecule has 1 aliphatic rings. The Balaban J connectivity index is 2.14. The molecule has 2 heterocycles. The van der Waals surface area contributed by atoms with Gasteiger partial charge in [-0.1, -0.05) is 13.8 Å². The molecular weight excluding hydrogens is 296 g/mol. The number of hydrogen-bond donors (Lipinski definition) is 1. The number of amides is 1. The van der Waals surface area contributed by atoms with Crippen molar-refractivity contribution in [1.29, 1.82) is 0 Å². The van der Waals surface area contributed by atoms with Gasteiger partial charge in [-0.15, -0.1) is 0 Å². The number of hydrogen-bond acceptors (Lipinski definition) is 6. The summed E-state index contributed by atoms with van der Waals surface area (Å²) in [7, 11) is 1.61. The normalized spacial score (nSPS) is 16.5. The Labute approximate surface area is 137 Å². The highest BCUT2D eigenvalue weighted by atomic mass is 16.5. The lowest BCUT2D eigenvalue weighted by molar-refractivity contribution is -0.137. The lowest BCUT2D eigenvalue weighted by Crippen LogP contribution is -2.50. The van der Waals surface area contributed by atoms with Crippen molar-refractivity contribution in [3.8, 4) is 0 Å². The van der Waals surface area contributed by atoms with E-state index < -0.39 is 0 Å². The molecule has 1 aromatic rings. The van der Waals surface area contributed by atoms with Gasteiger partial charge in [-0.25, -0.2) is 9.97 Å². The Morgan fingerprint density at radius 3 is 2.70 bits per heavy atom. The van der Waals surface area contributed by atoms with E-state index in [2.05, 4.69) is 15.3 Å². The van der Waals surface area contributed by atoms with Crippen LogP contribution in [0.1, 0.15) is 25.4 Å². The van der Waals surface area contributed by atoms with Gasteiger partial charge in [0.05, 0.1) is 13.2 Å². The maximum atomic E-state index is 12.8. The molecule has 2 rings (SSSR count). The van der Waals surface area contributed by atoms with Gasteiger partial charge in [0.25, 0.3) is 0 Å². The van der Waals surface area contributed by atoms with Crippen molar-refractivity contribution in [1.82, 2.24) is 14.9 Å². The fourth-order valence-electron chi connectivity index (χ4n) is 2.55. The zero-order valence-electron chi connectivity index (χ0n) is 14.3. The molecule has 0 radical (unpaired) electrons. The van der Waals surface area contributed by atoms with E-state index in [0.29, 0.717) is 44.6 Å². The van der Waals surface area contributed by atoms with Gasteiger partial charge in [0, 0.05) is 32.0 Å². The molecule has 0 aromatic carbocycles. The minimum atomic E-state index is -0.321. The monoisotopic (exact) mass is 322 g/mol. The molecule has 1 unspecified atom stereocenters. The molecule has 7 nitrogen and oxygen atoms in total. The number of carbonyl (C=O) groups excluding carboxylic acids is 1. The summed E-state index contributed by atoms with van der Waals surface area (Å²) >= 11 is 0. The Bertz CT molecular complexity index is 530. The number of morpholine rings is 1. The van der Waals surface area contributed by atoms with E-state index in [-0.39, 0.29) is 17.9 Å². The number of nitrogens with one attached hydrogen (secondary N) is 1. The first kappa shape index (κ1) is 17.6. The molecule has 1 atom stereocenters. The molecule has 128 valence electrons. The zero-order valence-corrected chi connectivity index (χ0v) is 14.3. The molecule has 1 fully saturated rings. The number of aryl methyl sites for hydroxylation is 1. The third-order valence-electron chi connectivity index (χ3n) is 3.73. The summed E-state index contributed by atoms with van der Waals surface area (Å²) in [5.74, 6) is 1.50. The van der Waals surface area contributed by atoms with Gasteiger partial charge < -0.3 is 19.7 Å². The van der Waals surface area contributed by atoms with E-state index >= 15 is 0 Å². The predicted molar refractivity (Wildman–Crippen MR) is 87.1 cm³/mol. The number of anilines is 1. The number of nitrogens with zero attached hydrogens (tertiary/aromatic N) is 3. The largest absolute Gasteiger partial charge is 0.378 e. The number of rotatable bonds is 6. The number of carbonyl (C=O) groups is 1. The van der Waals surface area contributed by atoms with Crippen LogP contribution in [-0.2, 0) is 20.9 Å². The van der Waals surface area contributed by atoms with Gasteiger partial charge >= 0.3 is 0 Å². The average molecular weight is 322 g/mol. The van der Waals surface area contributed by atoms with Crippen molar-refractivity contribution in [3.63, 3.8) is 0 Å². The first-order chi connectivity index (χ1) is 11.0. The summed E-state index contributed by atoms with van der Waals surface area (Å²) in [4.78, 5) is 23.4. The molecule has 1 saturated heterocycles. The van der Waals surface area contributed by atoms with Crippen LogP contribution in [0.3, 0.4) is 0 Å². The van der Waals surface area contributed by atoms with E-state index in [0.717, 1.165) is 5.69 Å². The van der Waals surface area contributed by atoms with Crippen LogP contribution in [-0.4, -0.2) is 60.2 Å². The van der Waals surface area contributed by atoms with Crippen molar-refractivity contribution in [2.45, 2.75) is 33.4 Å². The third-order valence-corrected chi connectivity index (χ3v) is 3.73. The topological polar surface area (TPSA) is 76.6 Å². The Hall–Kier alpha value is -1.73. The molecular formula is C16H26N4O3. The molecule has 23 heavy (non-hydrogen) atoms. The number of ether oxygens (including phenoxy) is 2. The van der Waals surface area contributed by atoms with Crippen LogP contribution in [0.25, 0.3) is 0 Å². The van der Waals surface area contributed by atoms with Gasteiger partial charge in [0.2, 0.25) is 5.91 Å². The van der Waals surface area contributed by atoms with E-state index in [9.17, 15) is 4.79 Å². The second-order valence-corrected chi connectivity index (χ2v) is 6.05. The van der Waals surface area contributed by atoms with Crippen molar-refractivity contribution >= 4 is 11.7 Å². The molecule has 1 aromatic heterocycles. The van der Waals surface area contributed by atoms with Crippen molar-refractivity contribution in [2.24, 2.45) is 5.92 Å². The predicted octanol–water partition coefficient (Wildman–Crippen LogP) is 1.23. The number of aromatic nitrogens is 2. The fourth-order valence-corrected chi connectivity index (χ4v) is 2.55. The Morgan fingerprint density at radius 1 is 1.39 bits per heavy atom. The molecule has 7 heteroatoms. The fraction of sp³-hybridized carbons (Fsp3) is 0.688. The van der Waals surface area contributed by atoms with Gasteiger partial charge in [-0.3, -0.25) is 4.79 Å². The second-order valence-electron chi connectivity index (χ2n) is 6.05. The van der Waals surface area contributed by atoms with Gasteiger partial charge in [-0.05, 0) is 12.8 Å². The van der Waals surface area contributed by atoms with Crippen molar-refractivity contribution in [2.75, 3.05) is 38.7 Å². The summed E-state index contributed by atoms with van der Waals surface area (Å²) in [5, 5.41) is 3.28. The van der Waals surface area contributed by atoms with Crippen LogP contribution >= 0.6 is 0 Å². The lowest BCUT2D eigenvalue weighted by atomic mass is 10.0. The summed E-state index contributed by atoms with van der Waals surface area (Å²) in [6.45, 7) is 8.78. The molecule has 1 aliphatic heterocycles. The van der Waals surface area contributed by atoms with Gasteiger partial charge in [-0.2, -0.15) is 0 Å². The highest BCUT2D eigenvalue weighted by Gasteiger charge is 2.28. The van der Waals surface area contributed by atoms with E-state index in [1.54, 1.807) is 7.11 Å². The maximum Gasteiger partial charge on any atom is 0.245 e. The molecule has 0 saturated carbocycles. The van der Waals surface area contributed by atoms with Crippen LogP contribution in [0.4, 0.5) is 5.82 Å². The van der Waals surface area contributed by atoms with E-state index in [4.69, 9.17) is 9.47 Å². The molecule has 0 bridgehead atoms. The molecule has 0 aliphatic carbocycles. The van der Waals surface area contributed by atoms with Gasteiger partial charge in [0.15, 0.2) is 5.82 Å². The smallest absolute Gasteiger partial charge is 0.245 e.